The maximum absolute atomic E-state index is 13.7. The van der Waals surface area contributed by atoms with Gasteiger partial charge in [-0.25, -0.2) is 4.98 Å². The first-order valence-electron chi connectivity index (χ1n) is 15.8. The molecule has 16 heteroatoms. The molecule has 0 amide bonds. The summed E-state index contributed by atoms with van der Waals surface area (Å²) in [6.07, 6.45) is -1.56. The molecule has 4 aromatic rings. The van der Waals surface area contributed by atoms with E-state index in [2.05, 4.69) is 25.3 Å². The summed E-state index contributed by atoms with van der Waals surface area (Å²) in [5, 5.41) is 21.3. The molecule has 3 aromatic heterocycles. The van der Waals surface area contributed by atoms with E-state index in [0.29, 0.717) is 42.2 Å². The maximum atomic E-state index is 13.7. The van der Waals surface area contributed by atoms with Gasteiger partial charge in [0.2, 0.25) is 0 Å². The fourth-order valence-electron chi connectivity index (χ4n) is 6.27. The van der Waals surface area contributed by atoms with Crippen LogP contribution >= 0.6 is 0 Å². The minimum Gasteiger partial charge on any atom is -0.481 e. The molecule has 1 saturated carbocycles. The molecular formula is C33H36F6N8O2. The monoisotopic (exact) mass is 690 g/mol. The van der Waals surface area contributed by atoms with Crippen LogP contribution in [-0.4, -0.2) is 54.3 Å². The molecule has 49 heavy (non-hydrogen) atoms. The standard InChI is InChI=1S/C33H36F6N8O2/c1-3-46(18-22-8-6-21(7-9-22)13-29(48)49)30-26(14-25(17-41-30)24-5-4-10-40-16-24)20-47(31-42-44-45(2)43-31)19-23-11-27(32(34,35)36)15-28(12-23)33(37,38)39/h4-5,10-12,14-17,21-22H,3,6-9,13,18-20H2,1-2H3,(H,48,49). The van der Waals surface area contributed by atoms with Gasteiger partial charge in [-0.15, -0.1) is 5.10 Å². The summed E-state index contributed by atoms with van der Waals surface area (Å²) < 4.78 is 82.4. The second-order valence-electron chi connectivity index (χ2n) is 12.3. The van der Waals surface area contributed by atoms with Crippen molar-refractivity contribution in [3.8, 4) is 11.1 Å². The first-order valence-corrected chi connectivity index (χ1v) is 15.8. The number of aliphatic carboxylic acids is 1. The van der Waals surface area contributed by atoms with Crippen LogP contribution in [0.5, 0.6) is 0 Å². The van der Waals surface area contributed by atoms with Crippen molar-refractivity contribution in [2.45, 2.75) is 64.5 Å². The maximum Gasteiger partial charge on any atom is 0.416 e. The molecule has 1 fully saturated rings. The molecule has 262 valence electrons. The Kier molecular flexibility index (Phi) is 10.7. The number of carboxylic acids is 1. The van der Waals surface area contributed by atoms with Crippen LogP contribution in [0.3, 0.4) is 0 Å². The number of carbonyl (C=O) groups is 1. The van der Waals surface area contributed by atoms with E-state index in [1.807, 2.05) is 19.1 Å². The van der Waals surface area contributed by atoms with Crippen LogP contribution in [-0.2, 0) is 37.3 Å². The molecule has 0 atom stereocenters. The third-order valence-corrected chi connectivity index (χ3v) is 8.69. The van der Waals surface area contributed by atoms with Crippen LogP contribution in [0.1, 0.15) is 61.3 Å². The third-order valence-electron chi connectivity index (χ3n) is 8.69. The van der Waals surface area contributed by atoms with Crippen LogP contribution in [0.2, 0.25) is 0 Å². The second-order valence-corrected chi connectivity index (χ2v) is 12.3. The zero-order chi connectivity index (χ0) is 35.3. The van der Waals surface area contributed by atoms with Crippen molar-refractivity contribution in [2.24, 2.45) is 18.9 Å². The van der Waals surface area contributed by atoms with Gasteiger partial charge in [0.1, 0.15) is 5.82 Å². The lowest BCUT2D eigenvalue weighted by molar-refractivity contribution is -0.143. The molecule has 5 rings (SSSR count). The minimum absolute atomic E-state index is 0.00556. The number of aryl methyl sites for hydroxylation is 1. The lowest BCUT2D eigenvalue weighted by Crippen LogP contribution is -2.34. The van der Waals surface area contributed by atoms with E-state index >= 15 is 0 Å². The lowest BCUT2D eigenvalue weighted by atomic mass is 9.80. The Morgan fingerprint density at radius 1 is 0.918 bits per heavy atom. The Morgan fingerprint density at radius 3 is 2.14 bits per heavy atom. The van der Waals surface area contributed by atoms with Crippen molar-refractivity contribution in [1.82, 2.24) is 30.2 Å². The van der Waals surface area contributed by atoms with Gasteiger partial charge >= 0.3 is 18.3 Å². The number of carboxylic acid groups (broad SMARTS) is 1. The minimum atomic E-state index is -5.00. The van der Waals surface area contributed by atoms with E-state index in [-0.39, 0.29) is 42.4 Å². The number of anilines is 2. The Morgan fingerprint density at radius 2 is 1.59 bits per heavy atom. The van der Waals surface area contributed by atoms with Gasteiger partial charge in [0.15, 0.2) is 0 Å². The number of nitrogens with zero attached hydrogens (tertiary/aromatic N) is 8. The Labute approximate surface area is 278 Å². The summed E-state index contributed by atoms with van der Waals surface area (Å²) in [6.45, 7) is 2.75. The van der Waals surface area contributed by atoms with Crippen LogP contribution in [0.25, 0.3) is 11.1 Å². The summed E-state index contributed by atoms with van der Waals surface area (Å²) in [7, 11) is 1.50. The molecule has 1 aliphatic rings. The molecule has 0 bridgehead atoms. The number of hydrogen-bond donors (Lipinski definition) is 1. The second kappa shape index (κ2) is 14.8. The Hall–Kier alpha value is -4.76. The van der Waals surface area contributed by atoms with E-state index in [1.54, 1.807) is 24.7 Å². The molecule has 10 nitrogen and oxygen atoms in total. The molecule has 1 N–H and O–H groups in total. The highest BCUT2D eigenvalue weighted by atomic mass is 19.4. The van der Waals surface area contributed by atoms with Crippen molar-refractivity contribution in [1.29, 1.82) is 0 Å². The number of tetrazole rings is 1. The highest BCUT2D eigenvalue weighted by Gasteiger charge is 2.37. The molecule has 0 saturated heterocycles. The SMILES string of the molecule is CCN(CC1CCC(CC(=O)O)CC1)c1ncc(-c2cccnc2)cc1CN(Cc1cc(C(F)(F)F)cc(C(F)(F)F)c1)c1nnn(C)n1. The Bertz CT molecular complexity index is 1690. The number of hydrogen-bond acceptors (Lipinski definition) is 8. The number of benzene rings is 1. The van der Waals surface area contributed by atoms with Crippen LogP contribution in [0.4, 0.5) is 38.1 Å². The molecule has 0 spiro atoms. The zero-order valence-electron chi connectivity index (χ0n) is 26.9. The molecule has 3 heterocycles. The quantitative estimate of drug-likeness (QED) is 0.157. The van der Waals surface area contributed by atoms with Crippen molar-refractivity contribution in [3.63, 3.8) is 0 Å². The number of aromatic nitrogens is 6. The van der Waals surface area contributed by atoms with Crippen molar-refractivity contribution in [2.75, 3.05) is 22.9 Å². The van der Waals surface area contributed by atoms with E-state index in [0.717, 1.165) is 36.0 Å². The first-order chi connectivity index (χ1) is 23.2. The van der Waals surface area contributed by atoms with Gasteiger partial charge in [0, 0.05) is 67.9 Å². The molecular weight excluding hydrogens is 654 g/mol. The van der Waals surface area contributed by atoms with E-state index in [4.69, 9.17) is 4.98 Å². The van der Waals surface area contributed by atoms with Crippen molar-refractivity contribution in [3.05, 3.63) is 77.2 Å². The van der Waals surface area contributed by atoms with Crippen molar-refractivity contribution >= 4 is 17.7 Å². The smallest absolute Gasteiger partial charge is 0.416 e. The average molecular weight is 691 g/mol. The summed E-state index contributed by atoms with van der Waals surface area (Å²) in [4.78, 5) is 25.0. The van der Waals surface area contributed by atoms with Gasteiger partial charge in [-0.2, -0.15) is 31.1 Å². The number of alkyl halides is 6. The van der Waals surface area contributed by atoms with Gasteiger partial charge in [-0.05, 0) is 85.6 Å². The number of pyridine rings is 2. The largest absolute Gasteiger partial charge is 0.481 e. The zero-order valence-corrected chi connectivity index (χ0v) is 26.9. The Balaban J connectivity index is 1.52. The van der Waals surface area contributed by atoms with Crippen LogP contribution < -0.4 is 9.80 Å². The first kappa shape index (κ1) is 35.5. The van der Waals surface area contributed by atoms with E-state index in [1.165, 1.54) is 11.9 Å². The van der Waals surface area contributed by atoms with Gasteiger partial charge in [0.25, 0.3) is 5.95 Å². The molecule has 1 aliphatic carbocycles. The van der Waals surface area contributed by atoms with Crippen LogP contribution in [0.15, 0.2) is 55.0 Å². The summed E-state index contributed by atoms with van der Waals surface area (Å²) in [5.41, 5.74) is -0.959. The topological polar surface area (TPSA) is 113 Å². The van der Waals surface area contributed by atoms with Gasteiger partial charge < -0.3 is 14.9 Å². The average Bonchev–Trinajstić information content (AvgIpc) is 3.49. The summed E-state index contributed by atoms with van der Waals surface area (Å²) in [6, 6.07) is 6.99. The van der Waals surface area contributed by atoms with E-state index in [9.17, 15) is 36.2 Å². The fourth-order valence-corrected chi connectivity index (χ4v) is 6.27. The van der Waals surface area contributed by atoms with Gasteiger partial charge in [0.05, 0.1) is 18.2 Å². The highest BCUT2D eigenvalue weighted by Crippen LogP contribution is 2.38. The molecule has 1 aromatic carbocycles. The van der Waals surface area contributed by atoms with Crippen LogP contribution in [0, 0.1) is 11.8 Å². The van der Waals surface area contributed by atoms with Crippen molar-refractivity contribution < 1.29 is 36.2 Å². The molecule has 0 unspecified atom stereocenters. The highest BCUT2D eigenvalue weighted by molar-refractivity contribution is 5.67. The normalized spacial score (nSPS) is 16.8. The number of rotatable bonds is 12. The summed E-state index contributed by atoms with van der Waals surface area (Å²) >= 11 is 0. The molecule has 0 radical (unpaired) electrons. The lowest BCUT2D eigenvalue weighted by Gasteiger charge is -2.34. The number of halogens is 6. The van der Waals surface area contributed by atoms with Gasteiger partial charge in [-0.1, -0.05) is 11.2 Å². The fraction of sp³-hybridized carbons (Fsp3) is 0.455. The third kappa shape index (κ3) is 9.23. The predicted molar refractivity (Wildman–Crippen MR) is 168 cm³/mol. The van der Waals surface area contributed by atoms with E-state index < -0.39 is 36.0 Å². The molecule has 0 aliphatic heterocycles. The summed E-state index contributed by atoms with van der Waals surface area (Å²) in [5.74, 6) is 0.213. The van der Waals surface area contributed by atoms with Gasteiger partial charge in [-0.3, -0.25) is 9.78 Å². The predicted octanol–water partition coefficient (Wildman–Crippen LogP) is 7.02.